The highest BCUT2D eigenvalue weighted by Gasteiger charge is 2.16. The minimum absolute atomic E-state index is 0.290. The average Bonchev–Trinajstić information content (AvgIpc) is 3.24. The second-order valence-electron chi connectivity index (χ2n) is 7.20. The van der Waals surface area contributed by atoms with Gasteiger partial charge < -0.3 is 4.42 Å². The Morgan fingerprint density at radius 3 is 2.42 bits per heavy atom. The number of hydrogen-bond donors (Lipinski definition) is 0. The van der Waals surface area contributed by atoms with Crippen LogP contribution in [-0.4, -0.2) is 9.55 Å². The van der Waals surface area contributed by atoms with Gasteiger partial charge in [-0.3, -0.25) is 4.57 Å². The Balaban J connectivity index is 1.59. The first-order chi connectivity index (χ1) is 16.1. The molecule has 0 atom stereocenters. The molecule has 2 heterocycles. The van der Waals surface area contributed by atoms with E-state index in [-0.39, 0.29) is 0 Å². The van der Waals surface area contributed by atoms with Gasteiger partial charge >= 0.3 is 5.63 Å². The van der Waals surface area contributed by atoms with Crippen LogP contribution in [-0.2, 0) is 0 Å². The number of benzene rings is 3. The van der Waals surface area contributed by atoms with Gasteiger partial charge in [-0.1, -0.05) is 83.5 Å². The first kappa shape index (κ1) is 21.6. The molecule has 0 radical (unpaired) electrons. The second-order valence-corrected chi connectivity index (χ2v) is 8.92. The molecule has 0 bridgehead atoms. The quantitative estimate of drug-likeness (QED) is 0.187. The monoisotopic (exact) mass is 490 g/mol. The minimum atomic E-state index is -0.513. The summed E-state index contributed by atoms with van der Waals surface area (Å²) in [5, 5.41) is 4.08. The van der Waals surface area contributed by atoms with E-state index in [1.807, 2.05) is 82.9 Å². The Bertz CT molecular complexity index is 1530. The van der Waals surface area contributed by atoms with Crippen LogP contribution in [0.3, 0.4) is 0 Å². The van der Waals surface area contributed by atoms with Crippen molar-refractivity contribution < 1.29 is 4.42 Å². The van der Waals surface area contributed by atoms with Crippen molar-refractivity contribution in [3.8, 4) is 16.9 Å². The maximum Gasteiger partial charge on any atom is 0.345 e. The molecule has 0 saturated heterocycles. The molecule has 0 fully saturated rings. The molecule has 162 valence electrons. The third-order valence-electron chi connectivity index (χ3n) is 4.97. The summed E-state index contributed by atoms with van der Waals surface area (Å²) in [6, 6.07) is 24.8. The molecule has 4 nitrogen and oxygen atoms in total. The Hall–Kier alpha value is -3.25. The van der Waals surface area contributed by atoms with Crippen LogP contribution >= 0.6 is 35.0 Å². The van der Waals surface area contributed by atoms with Crippen LogP contribution in [0.1, 0.15) is 5.56 Å². The molecule has 7 heteroatoms. The zero-order valence-electron chi connectivity index (χ0n) is 17.1. The van der Waals surface area contributed by atoms with E-state index in [4.69, 9.17) is 32.6 Å². The number of fused-ring (bicyclic) bond motifs is 1. The van der Waals surface area contributed by atoms with Crippen LogP contribution in [0.5, 0.6) is 0 Å². The molecule has 5 rings (SSSR count). The van der Waals surface area contributed by atoms with E-state index >= 15 is 0 Å². The summed E-state index contributed by atoms with van der Waals surface area (Å²) in [6.07, 6.45) is 3.85. The first-order valence-corrected chi connectivity index (χ1v) is 11.7. The van der Waals surface area contributed by atoms with E-state index in [0.29, 0.717) is 37.4 Å². The van der Waals surface area contributed by atoms with Crippen molar-refractivity contribution >= 4 is 52.0 Å². The SMILES string of the molecule is O=c1oc2c(Cl)cc(Cl)cc2cc1-c1cn(-c2ccccc2)c(S/C=C\c2ccccc2)n1. The third kappa shape index (κ3) is 4.62. The molecular formula is C26H16Cl2N2O2S. The van der Waals surface area contributed by atoms with Gasteiger partial charge in [0.05, 0.1) is 16.3 Å². The van der Waals surface area contributed by atoms with Crippen LogP contribution < -0.4 is 5.63 Å². The van der Waals surface area contributed by atoms with E-state index < -0.39 is 5.63 Å². The van der Waals surface area contributed by atoms with Gasteiger partial charge in [-0.2, -0.15) is 0 Å². The molecule has 33 heavy (non-hydrogen) atoms. The first-order valence-electron chi connectivity index (χ1n) is 10.0. The van der Waals surface area contributed by atoms with Gasteiger partial charge in [-0.25, -0.2) is 9.78 Å². The fraction of sp³-hybridized carbons (Fsp3) is 0. The van der Waals surface area contributed by atoms with Gasteiger partial charge in [-0.05, 0) is 47.4 Å². The molecule has 0 aliphatic heterocycles. The third-order valence-corrected chi connectivity index (χ3v) is 6.24. The van der Waals surface area contributed by atoms with Crippen molar-refractivity contribution in [3.05, 3.63) is 116 Å². The Morgan fingerprint density at radius 2 is 1.67 bits per heavy atom. The maximum absolute atomic E-state index is 12.8. The molecule has 3 aromatic carbocycles. The number of halogens is 2. The smallest absolute Gasteiger partial charge is 0.345 e. The second kappa shape index (κ2) is 9.32. The topological polar surface area (TPSA) is 48.0 Å². The van der Waals surface area contributed by atoms with Crippen LogP contribution in [0.4, 0.5) is 0 Å². The molecule has 0 aliphatic rings. The number of rotatable bonds is 5. The molecule has 0 aliphatic carbocycles. The Labute approximate surface area is 204 Å². The van der Waals surface area contributed by atoms with Crippen molar-refractivity contribution in [2.45, 2.75) is 5.16 Å². The average molecular weight is 491 g/mol. The van der Waals surface area contributed by atoms with Gasteiger partial charge in [0.1, 0.15) is 0 Å². The van der Waals surface area contributed by atoms with E-state index in [1.54, 1.807) is 18.2 Å². The highest BCUT2D eigenvalue weighted by molar-refractivity contribution is 8.02. The predicted molar refractivity (Wildman–Crippen MR) is 136 cm³/mol. The highest BCUT2D eigenvalue weighted by atomic mass is 35.5. The Morgan fingerprint density at radius 1 is 0.939 bits per heavy atom. The number of nitrogens with zero attached hydrogens (tertiary/aromatic N) is 2. The van der Waals surface area contributed by atoms with E-state index in [1.165, 1.54) is 11.8 Å². The molecule has 0 saturated carbocycles. The lowest BCUT2D eigenvalue weighted by molar-refractivity contribution is 0.563. The summed E-state index contributed by atoms with van der Waals surface area (Å²) in [4.78, 5) is 17.5. The zero-order valence-corrected chi connectivity index (χ0v) is 19.4. The van der Waals surface area contributed by atoms with Crippen LogP contribution in [0.2, 0.25) is 10.0 Å². The normalized spacial score (nSPS) is 11.5. The lowest BCUT2D eigenvalue weighted by Crippen LogP contribution is -2.03. The van der Waals surface area contributed by atoms with E-state index in [9.17, 15) is 4.79 Å². The van der Waals surface area contributed by atoms with Crippen LogP contribution in [0, 0.1) is 0 Å². The van der Waals surface area contributed by atoms with Crippen molar-refractivity contribution in [2.75, 3.05) is 0 Å². The minimum Gasteiger partial charge on any atom is -0.421 e. The lowest BCUT2D eigenvalue weighted by Gasteiger charge is -2.05. The molecule has 0 unspecified atom stereocenters. The summed E-state index contributed by atoms with van der Waals surface area (Å²) in [5.41, 5.74) is 2.65. The molecule has 0 amide bonds. The number of para-hydroxylation sites is 1. The van der Waals surface area contributed by atoms with E-state index in [2.05, 4.69) is 0 Å². The van der Waals surface area contributed by atoms with Crippen molar-refractivity contribution in [1.29, 1.82) is 0 Å². The number of aromatic nitrogens is 2. The number of imidazole rings is 1. The molecule has 0 spiro atoms. The van der Waals surface area contributed by atoms with Crippen LogP contribution in [0.25, 0.3) is 34.0 Å². The summed E-state index contributed by atoms with van der Waals surface area (Å²) >= 11 is 13.8. The predicted octanol–water partition coefficient (Wildman–Crippen LogP) is 7.72. The summed E-state index contributed by atoms with van der Waals surface area (Å²) in [7, 11) is 0. The zero-order chi connectivity index (χ0) is 22.8. The van der Waals surface area contributed by atoms with Crippen molar-refractivity contribution in [1.82, 2.24) is 9.55 Å². The van der Waals surface area contributed by atoms with Crippen LogP contribution in [0.15, 0.2) is 105 Å². The van der Waals surface area contributed by atoms with Gasteiger partial charge in [0.15, 0.2) is 10.7 Å². The number of hydrogen-bond acceptors (Lipinski definition) is 4. The van der Waals surface area contributed by atoms with Gasteiger partial charge in [0, 0.05) is 22.3 Å². The maximum atomic E-state index is 12.8. The molecular weight excluding hydrogens is 475 g/mol. The lowest BCUT2D eigenvalue weighted by atomic mass is 10.1. The largest absolute Gasteiger partial charge is 0.421 e. The molecule has 2 aromatic heterocycles. The summed E-state index contributed by atoms with van der Waals surface area (Å²) in [5.74, 6) is 0. The van der Waals surface area contributed by atoms with Gasteiger partial charge in [-0.15, -0.1) is 0 Å². The highest BCUT2D eigenvalue weighted by Crippen LogP contribution is 2.31. The molecule has 5 aromatic rings. The standard InChI is InChI=1S/C26H16Cl2N2O2S/c27-19-13-18-14-21(25(31)32-24(18)22(28)15-19)23-16-30(20-9-5-2-6-10-20)26(29-23)33-12-11-17-7-3-1-4-8-17/h1-16H/b12-11-. The van der Waals surface area contributed by atoms with E-state index in [0.717, 1.165) is 11.3 Å². The fourth-order valence-corrected chi connectivity index (χ4v) is 4.74. The van der Waals surface area contributed by atoms with Crippen molar-refractivity contribution in [2.24, 2.45) is 0 Å². The molecule has 0 N–H and O–H groups in total. The van der Waals surface area contributed by atoms with Crippen molar-refractivity contribution in [3.63, 3.8) is 0 Å². The summed E-state index contributed by atoms with van der Waals surface area (Å²) < 4.78 is 7.46. The Kier molecular flexibility index (Phi) is 6.09. The summed E-state index contributed by atoms with van der Waals surface area (Å²) in [6.45, 7) is 0. The van der Waals surface area contributed by atoms with Gasteiger partial charge in [0.2, 0.25) is 0 Å². The van der Waals surface area contributed by atoms with Gasteiger partial charge in [0.25, 0.3) is 0 Å². The fourth-order valence-electron chi connectivity index (χ4n) is 3.42. The number of thioether (sulfide) groups is 1.